The van der Waals surface area contributed by atoms with Gasteiger partial charge in [0.15, 0.2) is 0 Å². The Balaban J connectivity index is 1.93. The van der Waals surface area contributed by atoms with Gasteiger partial charge < -0.3 is 14.8 Å². The highest BCUT2D eigenvalue weighted by atomic mass is 79.9. The summed E-state index contributed by atoms with van der Waals surface area (Å²) in [5.41, 5.74) is 1.59. The number of halogens is 1. The van der Waals surface area contributed by atoms with Gasteiger partial charge in [-0.1, -0.05) is 0 Å². The molecule has 1 aliphatic heterocycles. The minimum Gasteiger partial charge on any atom is -0.378 e. The largest absolute Gasteiger partial charge is 0.378 e. The van der Waals surface area contributed by atoms with Crippen LogP contribution in [0.2, 0.25) is 0 Å². The van der Waals surface area contributed by atoms with Crippen molar-refractivity contribution in [2.24, 2.45) is 0 Å². The quantitative estimate of drug-likeness (QED) is 0.800. The van der Waals surface area contributed by atoms with E-state index in [1.807, 2.05) is 37.2 Å². The van der Waals surface area contributed by atoms with E-state index in [1.54, 1.807) is 4.90 Å². The molecule has 0 fully saturated rings. The number of hydrogen-bond acceptors (Lipinski definition) is 4. The highest BCUT2D eigenvalue weighted by Crippen LogP contribution is 2.25. The number of H-pyrrole nitrogens is 2. The number of nitrogens with one attached hydrogen (secondary N) is 2. The SMILES string of the molecule is CN(C)c1ccc(Br)c(C(=O)N2CCc3c([nH]c(=O)[nH]c3=O)C2)c1. The molecule has 1 aromatic carbocycles. The molecule has 1 amide bonds. The summed E-state index contributed by atoms with van der Waals surface area (Å²) >= 11 is 3.42. The second-order valence-corrected chi connectivity index (χ2v) is 6.75. The summed E-state index contributed by atoms with van der Waals surface area (Å²) < 4.78 is 0.711. The number of benzene rings is 1. The van der Waals surface area contributed by atoms with Crippen molar-refractivity contribution in [3.8, 4) is 0 Å². The molecule has 0 saturated carbocycles. The van der Waals surface area contributed by atoms with E-state index < -0.39 is 5.69 Å². The molecule has 24 heavy (non-hydrogen) atoms. The molecule has 0 aliphatic carbocycles. The van der Waals surface area contributed by atoms with Gasteiger partial charge in [0.2, 0.25) is 0 Å². The molecule has 126 valence electrons. The molecule has 2 aromatic rings. The highest BCUT2D eigenvalue weighted by molar-refractivity contribution is 9.10. The first-order valence-corrected chi connectivity index (χ1v) is 8.26. The summed E-state index contributed by atoms with van der Waals surface area (Å²) in [5, 5.41) is 0. The molecule has 0 saturated heterocycles. The predicted molar refractivity (Wildman–Crippen MR) is 94.6 cm³/mol. The van der Waals surface area contributed by atoms with E-state index in [0.29, 0.717) is 34.3 Å². The summed E-state index contributed by atoms with van der Waals surface area (Å²) in [7, 11) is 3.82. The zero-order valence-corrected chi connectivity index (χ0v) is 14.9. The second-order valence-electron chi connectivity index (χ2n) is 5.90. The first-order valence-electron chi connectivity index (χ1n) is 7.47. The normalized spacial score (nSPS) is 13.5. The fourth-order valence-electron chi connectivity index (χ4n) is 2.77. The third-order valence-electron chi connectivity index (χ3n) is 4.09. The topological polar surface area (TPSA) is 89.3 Å². The van der Waals surface area contributed by atoms with Gasteiger partial charge in [-0.25, -0.2) is 4.79 Å². The zero-order chi connectivity index (χ0) is 17.4. The fourth-order valence-corrected chi connectivity index (χ4v) is 3.19. The van der Waals surface area contributed by atoms with E-state index in [9.17, 15) is 14.4 Å². The van der Waals surface area contributed by atoms with Crippen molar-refractivity contribution in [1.82, 2.24) is 14.9 Å². The van der Waals surface area contributed by atoms with Crippen molar-refractivity contribution < 1.29 is 4.79 Å². The van der Waals surface area contributed by atoms with Gasteiger partial charge in [0, 0.05) is 42.1 Å². The lowest BCUT2D eigenvalue weighted by Crippen LogP contribution is -2.41. The van der Waals surface area contributed by atoms with Gasteiger partial charge in [-0.15, -0.1) is 0 Å². The van der Waals surface area contributed by atoms with E-state index >= 15 is 0 Å². The van der Waals surface area contributed by atoms with Gasteiger partial charge in [0.05, 0.1) is 12.1 Å². The Labute approximate surface area is 146 Å². The minimum atomic E-state index is -0.552. The third-order valence-corrected chi connectivity index (χ3v) is 4.79. The van der Waals surface area contributed by atoms with Gasteiger partial charge in [-0.3, -0.25) is 14.6 Å². The molecule has 0 atom stereocenters. The van der Waals surface area contributed by atoms with Crippen LogP contribution in [0.15, 0.2) is 32.3 Å². The molecular weight excluding hydrogens is 376 g/mol. The number of aromatic amines is 2. The second kappa shape index (κ2) is 6.27. The molecule has 2 N–H and O–H groups in total. The zero-order valence-electron chi connectivity index (χ0n) is 13.4. The number of carbonyl (C=O) groups is 1. The van der Waals surface area contributed by atoms with Gasteiger partial charge in [0.1, 0.15) is 0 Å². The monoisotopic (exact) mass is 392 g/mol. The molecule has 0 bridgehead atoms. The van der Waals surface area contributed by atoms with Crippen LogP contribution in [0.25, 0.3) is 0 Å². The lowest BCUT2D eigenvalue weighted by atomic mass is 10.1. The molecule has 0 unspecified atom stereocenters. The maximum Gasteiger partial charge on any atom is 0.325 e. The number of hydrogen-bond donors (Lipinski definition) is 2. The molecule has 1 aromatic heterocycles. The van der Waals surface area contributed by atoms with Crippen LogP contribution in [0.1, 0.15) is 21.6 Å². The average molecular weight is 393 g/mol. The molecular formula is C16H17BrN4O3. The summed E-state index contributed by atoms with van der Waals surface area (Å²) in [6.45, 7) is 0.644. The standard InChI is InChI=1S/C16H17BrN4O3/c1-20(2)9-3-4-12(17)11(7-9)15(23)21-6-5-10-13(8-21)18-16(24)19-14(10)22/h3-4,7H,5-6,8H2,1-2H3,(H2,18,19,22,24). The minimum absolute atomic E-state index is 0.141. The molecule has 0 spiro atoms. The number of carbonyl (C=O) groups excluding carboxylic acids is 1. The fraction of sp³-hybridized carbons (Fsp3) is 0.312. The van der Waals surface area contributed by atoms with Crippen molar-refractivity contribution >= 4 is 27.5 Å². The van der Waals surface area contributed by atoms with Crippen LogP contribution >= 0.6 is 15.9 Å². The van der Waals surface area contributed by atoms with Gasteiger partial charge in [-0.05, 0) is 40.5 Å². The molecule has 7 nitrogen and oxygen atoms in total. The van der Waals surface area contributed by atoms with Crippen LogP contribution in [-0.2, 0) is 13.0 Å². The number of anilines is 1. The molecule has 2 heterocycles. The lowest BCUT2D eigenvalue weighted by Gasteiger charge is -2.28. The van der Waals surface area contributed by atoms with Gasteiger partial charge in [-0.2, -0.15) is 0 Å². The van der Waals surface area contributed by atoms with E-state index in [2.05, 4.69) is 25.9 Å². The van der Waals surface area contributed by atoms with Crippen molar-refractivity contribution in [3.05, 3.63) is 60.3 Å². The summed E-state index contributed by atoms with van der Waals surface area (Å²) in [5.74, 6) is -0.141. The maximum absolute atomic E-state index is 12.9. The predicted octanol–water partition coefficient (Wildman–Crippen LogP) is 1.09. The van der Waals surface area contributed by atoms with E-state index in [4.69, 9.17) is 0 Å². The first kappa shape index (κ1) is 16.5. The van der Waals surface area contributed by atoms with E-state index in [0.717, 1.165) is 5.69 Å². The van der Waals surface area contributed by atoms with Crippen molar-refractivity contribution in [2.45, 2.75) is 13.0 Å². The molecule has 0 radical (unpaired) electrons. The summed E-state index contributed by atoms with van der Waals surface area (Å²) in [4.78, 5) is 44.5. The number of nitrogens with zero attached hydrogens (tertiary/aromatic N) is 2. The van der Waals surface area contributed by atoms with Crippen LogP contribution in [0.5, 0.6) is 0 Å². The number of aromatic nitrogens is 2. The van der Waals surface area contributed by atoms with Gasteiger partial charge >= 0.3 is 5.69 Å². The Morgan fingerprint density at radius 2 is 2.00 bits per heavy atom. The van der Waals surface area contributed by atoms with Crippen LogP contribution in [0, 0.1) is 0 Å². The highest BCUT2D eigenvalue weighted by Gasteiger charge is 2.25. The lowest BCUT2D eigenvalue weighted by molar-refractivity contribution is 0.0730. The van der Waals surface area contributed by atoms with Crippen molar-refractivity contribution in [1.29, 1.82) is 0 Å². The Hall–Kier alpha value is -2.35. The van der Waals surface area contributed by atoms with E-state index in [-0.39, 0.29) is 18.0 Å². The smallest absolute Gasteiger partial charge is 0.325 e. The van der Waals surface area contributed by atoms with Crippen LogP contribution < -0.4 is 16.1 Å². The number of fused-ring (bicyclic) bond motifs is 1. The van der Waals surface area contributed by atoms with E-state index in [1.165, 1.54) is 0 Å². The van der Waals surface area contributed by atoms with Crippen LogP contribution in [-0.4, -0.2) is 41.4 Å². The molecule has 3 rings (SSSR count). The average Bonchev–Trinajstić information content (AvgIpc) is 2.53. The molecule has 8 heteroatoms. The summed E-state index contributed by atoms with van der Waals surface area (Å²) in [6.07, 6.45) is 0.415. The number of rotatable bonds is 2. The Kier molecular flexibility index (Phi) is 4.31. The Morgan fingerprint density at radius 1 is 1.25 bits per heavy atom. The van der Waals surface area contributed by atoms with Crippen molar-refractivity contribution in [2.75, 3.05) is 25.5 Å². The number of amides is 1. The molecule has 1 aliphatic rings. The Morgan fingerprint density at radius 3 is 2.71 bits per heavy atom. The Bertz CT molecular complexity index is 916. The van der Waals surface area contributed by atoms with Crippen molar-refractivity contribution in [3.63, 3.8) is 0 Å². The maximum atomic E-state index is 12.9. The summed E-state index contributed by atoms with van der Waals surface area (Å²) in [6, 6.07) is 5.58. The third kappa shape index (κ3) is 3.01. The first-order chi connectivity index (χ1) is 11.4. The van der Waals surface area contributed by atoms with Crippen LogP contribution in [0.3, 0.4) is 0 Å². The van der Waals surface area contributed by atoms with Crippen LogP contribution in [0.4, 0.5) is 5.69 Å². The van der Waals surface area contributed by atoms with Gasteiger partial charge in [0.25, 0.3) is 11.5 Å².